The predicted octanol–water partition coefficient (Wildman–Crippen LogP) is 3.76. The fourth-order valence-corrected chi connectivity index (χ4v) is 1.95. The van der Waals surface area contributed by atoms with E-state index in [2.05, 4.69) is 4.98 Å². The molecule has 0 atom stereocenters. The first-order valence-corrected chi connectivity index (χ1v) is 6.02. The second kappa shape index (κ2) is 5.47. The van der Waals surface area contributed by atoms with Crippen LogP contribution in [0.15, 0.2) is 30.3 Å². The molecule has 0 unspecified atom stereocenters. The molecule has 98 valence electrons. The summed E-state index contributed by atoms with van der Waals surface area (Å²) in [6.07, 6.45) is 0. The van der Waals surface area contributed by atoms with Crippen LogP contribution in [0.25, 0.3) is 11.3 Å². The highest BCUT2D eigenvalue weighted by atomic mass is 35.5. The zero-order valence-corrected chi connectivity index (χ0v) is 11.4. The van der Waals surface area contributed by atoms with Crippen LogP contribution >= 0.6 is 23.2 Å². The third kappa shape index (κ3) is 2.80. The fraction of sp³-hybridized carbons (Fsp3) is 0.0769. The van der Waals surface area contributed by atoms with E-state index in [1.54, 1.807) is 24.3 Å². The van der Waals surface area contributed by atoms with Gasteiger partial charge in [0.2, 0.25) is 0 Å². The lowest BCUT2D eigenvalue weighted by molar-refractivity contribution is 0.0691. The first-order valence-electron chi connectivity index (χ1n) is 5.26. The zero-order chi connectivity index (χ0) is 14.0. The molecule has 0 saturated carbocycles. The number of rotatable bonds is 3. The third-order valence-corrected chi connectivity index (χ3v) is 3.11. The zero-order valence-electron chi connectivity index (χ0n) is 9.85. The Morgan fingerprint density at radius 1 is 1.21 bits per heavy atom. The Morgan fingerprint density at radius 3 is 2.53 bits per heavy atom. The molecule has 0 radical (unpaired) electrons. The number of carboxylic acids is 1. The van der Waals surface area contributed by atoms with Gasteiger partial charge in [-0.3, -0.25) is 0 Å². The van der Waals surface area contributed by atoms with Gasteiger partial charge >= 0.3 is 5.97 Å². The largest absolute Gasteiger partial charge is 0.495 e. The van der Waals surface area contributed by atoms with Crippen LogP contribution in [0, 0.1) is 0 Å². The van der Waals surface area contributed by atoms with Gasteiger partial charge in [0.05, 0.1) is 22.8 Å². The summed E-state index contributed by atoms with van der Waals surface area (Å²) < 4.78 is 5.11. The summed E-state index contributed by atoms with van der Waals surface area (Å²) in [5.41, 5.74) is 0.991. The van der Waals surface area contributed by atoms with Gasteiger partial charge in [0.15, 0.2) is 5.69 Å². The normalized spacial score (nSPS) is 10.3. The van der Waals surface area contributed by atoms with Gasteiger partial charge in [-0.05, 0) is 24.3 Å². The molecule has 4 nitrogen and oxygen atoms in total. The van der Waals surface area contributed by atoms with Crippen LogP contribution in [-0.4, -0.2) is 23.2 Å². The number of ether oxygens (including phenoxy) is 1. The lowest BCUT2D eigenvalue weighted by Gasteiger charge is -2.07. The van der Waals surface area contributed by atoms with Gasteiger partial charge in [-0.15, -0.1) is 0 Å². The molecule has 0 fully saturated rings. The maximum atomic E-state index is 11.0. The van der Waals surface area contributed by atoms with Crippen molar-refractivity contribution in [2.75, 3.05) is 7.11 Å². The van der Waals surface area contributed by atoms with Gasteiger partial charge in [0, 0.05) is 5.56 Å². The number of nitrogens with zero attached hydrogens (tertiary/aromatic N) is 1. The van der Waals surface area contributed by atoms with E-state index in [1.807, 2.05) is 0 Å². The average molecular weight is 298 g/mol. The number of carboxylic acid groups (broad SMARTS) is 1. The number of aromatic nitrogens is 1. The lowest BCUT2D eigenvalue weighted by Crippen LogP contribution is -2.02. The number of halogens is 2. The second-order valence-corrected chi connectivity index (χ2v) is 4.50. The SMILES string of the molecule is COc1cc(-c2ccc(Cl)c(C(=O)O)n2)ccc1Cl. The van der Waals surface area contributed by atoms with Crippen LogP contribution < -0.4 is 4.74 Å². The summed E-state index contributed by atoms with van der Waals surface area (Å²) in [6, 6.07) is 8.20. The molecule has 1 aromatic carbocycles. The molecule has 0 amide bonds. The lowest BCUT2D eigenvalue weighted by atomic mass is 10.1. The Labute approximate surface area is 119 Å². The number of carbonyl (C=O) groups is 1. The minimum atomic E-state index is -1.17. The highest BCUT2D eigenvalue weighted by Gasteiger charge is 2.13. The molecule has 0 spiro atoms. The van der Waals surface area contributed by atoms with Crippen LogP contribution in [-0.2, 0) is 0 Å². The smallest absolute Gasteiger partial charge is 0.356 e. The average Bonchev–Trinajstić information content (AvgIpc) is 2.39. The molecular weight excluding hydrogens is 289 g/mol. The minimum absolute atomic E-state index is 0.0946. The molecule has 0 aliphatic rings. The van der Waals surface area contributed by atoms with Crippen molar-refractivity contribution in [3.8, 4) is 17.0 Å². The Bertz CT molecular complexity index is 644. The molecule has 19 heavy (non-hydrogen) atoms. The summed E-state index contributed by atoms with van der Waals surface area (Å²) in [5, 5.41) is 9.55. The summed E-state index contributed by atoms with van der Waals surface area (Å²) in [4.78, 5) is 15.0. The second-order valence-electron chi connectivity index (χ2n) is 3.68. The van der Waals surface area contributed by atoms with E-state index >= 15 is 0 Å². The molecule has 0 bridgehead atoms. The summed E-state index contributed by atoms with van der Waals surface area (Å²) in [6.45, 7) is 0. The Kier molecular flexibility index (Phi) is 3.93. The molecular formula is C13H9Cl2NO3. The number of hydrogen-bond donors (Lipinski definition) is 1. The first kappa shape index (κ1) is 13.6. The molecule has 1 heterocycles. The molecule has 2 rings (SSSR count). The number of hydrogen-bond acceptors (Lipinski definition) is 3. The molecule has 2 aromatic rings. The Hall–Kier alpha value is -1.78. The number of aromatic carboxylic acids is 1. The van der Waals surface area contributed by atoms with Crippen molar-refractivity contribution < 1.29 is 14.6 Å². The van der Waals surface area contributed by atoms with E-state index < -0.39 is 5.97 Å². The quantitative estimate of drug-likeness (QED) is 0.937. The van der Waals surface area contributed by atoms with E-state index in [0.717, 1.165) is 0 Å². The third-order valence-electron chi connectivity index (χ3n) is 2.50. The van der Waals surface area contributed by atoms with Crippen molar-refractivity contribution >= 4 is 29.2 Å². The topological polar surface area (TPSA) is 59.4 Å². The maximum absolute atomic E-state index is 11.0. The first-order chi connectivity index (χ1) is 9.02. The van der Waals surface area contributed by atoms with Gasteiger partial charge < -0.3 is 9.84 Å². The minimum Gasteiger partial charge on any atom is -0.495 e. The van der Waals surface area contributed by atoms with Crippen molar-refractivity contribution in [3.05, 3.63) is 46.1 Å². The van der Waals surface area contributed by atoms with Gasteiger partial charge in [0.25, 0.3) is 0 Å². The van der Waals surface area contributed by atoms with Crippen molar-refractivity contribution in [2.45, 2.75) is 0 Å². The van der Waals surface area contributed by atoms with Gasteiger partial charge in [-0.1, -0.05) is 29.3 Å². The van der Waals surface area contributed by atoms with Crippen molar-refractivity contribution in [1.82, 2.24) is 4.98 Å². The van der Waals surface area contributed by atoms with Gasteiger partial charge in [-0.2, -0.15) is 0 Å². The van der Waals surface area contributed by atoms with Crippen LogP contribution in [0.5, 0.6) is 5.75 Å². The van der Waals surface area contributed by atoms with Crippen LogP contribution in [0.1, 0.15) is 10.5 Å². The van der Waals surface area contributed by atoms with Crippen molar-refractivity contribution in [2.24, 2.45) is 0 Å². The molecule has 1 N–H and O–H groups in total. The molecule has 6 heteroatoms. The van der Waals surface area contributed by atoms with Crippen LogP contribution in [0.3, 0.4) is 0 Å². The van der Waals surface area contributed by atoms with Crippen LogP contribution in [0.4, 0.5) is 0 Å². The standard InChI is InChI=1S/C13H9Cl2NO3/c1-19-11-6-7(2-3-8(11)14)10-5-4-9(15)12(16-10)13(17)18/h2-6H,1H3,(H,17,18). The van der Waals surface area contributed by atoms with Gasteiger partial charge in [-0.25, -0.2) is 9.78 Å². The number of pyridine rings is 1. The Morgan fingerprint density at radius 2 is 1.89 bits per heavy atom. The van der Waals surface area contributed by atoms with Crippen molar-refractivity contribution in [1.29, 1.82) is 0 Å². The number of benzene rings is 1. The summed E-state index contributed by atoms with van der Waals surface area (Å²) in [5.74, 6) is -0.680. The van der Waals surface area contributed by atoms with E-state index in [1.165, 1.54) is 13.2 Å². The van der Waals surface area contributed by atoms with E-state index in [0.29, 0.717) is 22.0 Å². The molecule has 0 aliphatic carbocycles. The summed E-state index contributed by atoms with van der Waals surface area (Å²) in [7, 11) is 1.50. The highest BCUT2D eigenvalue weighted by molar-refractivity contribution is 6.33. The fourth-order valence-electron chi connectivity index (χ4n) is 1.57. The van der Waals surface area contributed by atoms with Crippen LogP contribution in [0.2, 0.25) is 10.0 Å². The predicted molar refractivity (Wildman–Crippen MR) is 73.2 cm³/mol. The Balaban J connectivity index is 2.53. The highest BCUT2D eigenvalue weighted by Crippen LogP contribution is 2.30. The maximum Gasteiger partial charge on any atom is 0.356 e. The van der Waals surface area contributed by atoms with E-state index in [-0.39, 0.29) is 10.7 Å². The summed E-state index contributed by atoms with van der Waals surface area (Å²) >= 11 is 11.7. The van der Waals surface area contributed by atoms with E-state index in [4.69, 9.17) is 33.0 Å². The number of methoxy groups -OCH3 is 1. The van der Waals surface area contributed by atoms with Gasteiger partial charge in [0.1, 0.15) is 5.75 Å². The monoisotopic (exact) mass is 297 g/mol. The molecule has 0 saturated heterocycles. The van der Waals surface area contributed by atoms with Crippen molar-refractivity contribution in [3.63, 3.8) is 0 Å². The molecule has 1 aromatic heterocycles. The molecule has 0 aliphatic heterocycles. The van der Waals surface area contributed by atoms with E-state index in [9.17, 15) is 4.79 Å².